The van der Waals surface area contributed by atoms with Crippen LogP contribution in [0.4, 0.5) is 0 Å². The fourth-order valence-corrected chi connectivity index (χ4v) is 4.46. The molecule has 0 bridgehead atoms. The van der Waals surface area contributed by atoms with E-state index in [1.807, 2.05) is 31.2 Å². The van der Waals surface area contributed by atoms with Gasteiger partial charge in [-0.3, -0.25) is 9.36 Å². The van der Waals surface area contributed by atoms with Crippen LogP contribution in [-0.4, -0.2) is 53.1 Å². The van der Waals surface area contributed by atoms with Crippen molar-refractivity contribution in [2.45, 2.75) is 18.6 Å². The highest BCUT2D eigenvalue weighted by atomic mass is 32.2. The fraction of sp³-hybridized carbons (Fsp3) is 0.444. The minimum atomic E-state index is 0.0184. The zero-order valence-electron chi connectivity index (χ0n) is 14.4. The molecule has 3 heterocycles. The molecule has 3 aromatic rings. The molecule has 25 heavy (non-hydrogen) atoms. The second kappa shape index (κ2) is 7.19. The lowest BCUT2D eigenvalue weighted by Gasteiger charge is -2.23. The van der Waals surface area contributed by atoms with Gasteiger partial charge in [0.15, 0.2) is 5.16 Å². The monoisotopic (exact) mass is 359 g/mol. The number of morpholine rings is 1. The summed E-state index contributed by atoms with van der Waals surface area (Å²) in [5.74, 6) is 0.954. The van der Waals surface area contributed by atoms with Crippen LogP contribution in [0.25, 0.3) is 21.9 Å². The Hall–Kier alpha value is -1.83. The van der Waals surface area contributed by atoms with Gasteiger partial charge in [0.2, 0.25) is 0 Å². The van der Waals surface area contributed by atoms with Gasteiger partial charge < -0.3 is 14.6 Å². The molecule has 132 valence electrons. The zero-order valence-corrected chi connectivity index (χ0v) is 15.2. The van der Waals surface area contributed by atoms with Crippen molar-refractivity contribution in [1.82, 2.24) is 14.5 Å². The third-order valence-corrected chi connectivity index (χ3v) is 5.76. The number of thioether (sulfide) groups is 1. The highest BCUT2D eigenvalue weighted by molar-refractivity contribution is 7.99. The molecule has 4 rings (SSSR count). The van der Waals surface area contributed by atoms with Crippen molar-refractivity contribution in [3.05, 3.63) is 34.6 Å². The van der Waals surface area contributed by atoms with Gasteiger partial charge in [0.1, 0.15) is 24.1 Å². The van der Waals surface area contributed by atoms with Crippen molar-refractivity contribution in [3.63, 3.8) is 0 Å². The largest absolute Gasteiger partial charge is 0.370 e. The number of para-hydroxylation sites is 1. The number of hydrogen-bond acceptors (Lipinski definition) is 4. The molecule has 0 saturated carbocycles. The van der Waals surface area contributed by atoms with Gasteiger partial charge >= 0.3 is 0 Å². The van der Waals surface area contributed by atoms with E-state index >= 15 is 0 Å². The average Bonchev–Trinajstić information content (AvgIpc) is 3.02. The van der Waals surface area contributed by atoms with Crippen LogP contribution >= 0.6 is 11.8 Å². The second-order valence-corrected chi connectivity index (χ2v) is 7.36. The Kier molecular flexibility index (Phi) is 4.78. The van der Waals surface area contributed by atoms with Crippen LogP contribution in [0.2, 0.25) is 0 Å². The summed E-state index contributed by atoms with van der Waals surface area (Å²) in [5.41, 5.74) is 2.37. The van der Waals surface area contributed by atoms with E-state index in [1.54, 1.807) is 21.2 Å². The average molecular weight is 359 g/mol. The summed E-state index contributed by atoms with van der Waals surface area (Å²) in [4.78, 5) is 22.5. The van der Waals surface area contributed by atoms with Crippen molar-refractivity contribution in [2.75, 3.05) is 38.6 Å². The van der Waals surface area contributed by atoms with E-state index in [1.165, 1.54) is 0 Å². The normalized spacial score (nSPS) is 16.0. The molecule has 7 heteroatoms. The third kappa shape index (κ3) is 3.19. The molecule has 1 fully saturated rings. The summed E-state index contributed by atoms with van der Waals surface area (Å²) in [7, 11) is 0. The quantitative estimate of drug-likeness (QED) is 0.525. The van der Waals surface area contributed by atoms with Crippen molar-refractivity contribution in [1.29, 1.82) is 0 Å². The Balaban J connectivity index is 1.64. The van der Waals surface area contributed by atoms with Gasteiger partial charge in [-0.15, -0.1) is 0 Å². The third-order valence-electron chi connectivity index (χ3n) is 4.78. The van der Waals surface area contributed by atoms with E-state index < -0.39 is 0 Å². The second-order valence-electron chi connectivity index (χ2n) is 6.30. The van der Waals surface area contributed by atoms with Gasteiger partial charge in [0.25, 0.3) is 5.56 Å². The molecule has 6 nitrogen and oxygen atoms in total. The van der Waals surface area contributed by atoms with E-state index in [2.05, 4.69) is 4.98 Å². The summed E-state index contributed by atoms with van der Waals surface area (Å²) >= 11 is 1.68. The fourth-order valence-electron chi connectivity index (χ4n) is 3.36. The predicted octanol–water partition coefficient (Wildman–Crippen LogP) is 0.905. The summed E-state index contributed by atoms with van der Waals surface area (Å²) in [6.07, 6.45) is 0. The molecule has 0 amide bonds. The number of ether oxygens (including phenoxy) is 1. The first kappa shape index (κ1) is 16.6. The molecule has 2 aromatic heterocycles. The Morgan fingerprint density at radius 2 is 2.12 bits per heavy atom. The number of aromatic nitrogens is 3. The van der Waals surface area contributed by atoms with Crippen LogP contribution in [0.3, 0.4) is 0 Å². The predicted molar refractivity (Wildman–Crippen MR) is 101 cm³/mol. The van der Waals surface area contributed by atoms with Gasteiger partial charge in [-0.2, -0.15) is 0 Å². The number of H-pyrrole nitrogens is 1. The number of nitrogens with zero attached hydrogens (tertiary/aromatic N) is 2. The maximum absolute atomic E-state index is 12.9. The van der Waals surface area contributed by atoms with Crippen LogP contribution in [-0.2, 0) is 11.3 Å². The molecule has 1 aliphatic heterocycles. The number of benzene rings is 1. The smallest absolute Gasteiger partial charge is 0.278 e. The molecule has 1 aromatic carbocycles. The number of rotatable bonds is 5. The maximum atomic E-state index is 12.9. The molecule has 1 saturated heterocycles. The zero-order chi connectivity index (χ0) is 17.2. The van der Waals surface area contributed by atoms with Gasteiger partial charge in [0.05, 0.1) is 25.5 Å². The molecular formula is C18H23N4O2S+. The Morgan fingerprint density at radius 3 is 2.92 bits per heavy atom. The lowest BCUT2D eigenvalue weighted by atomic mass is 10.2. The molecule has 2 N–H and O–H groups in total. The molecule has 1 aliphatic rings. The highest BCUT2D eigenvalue weighted by Gasteiger charge is 2.17. The van der Waals surface area contributed by atoms with Gasteiger partial charge in [-0.05, 0) is 13.0 Å². The number of quaternary nitrogens is 1. The Bertz CT molecular complexity index is 943. The molecule has 0 radical (unpaired) electrons. The molecular weight excluding hydrogens is 336 g/mol. The van der Waals surface area contributed by atoms with Crippen LogP contribution < -0.4 is 10.5 Å². The number of hydrogen-bond donors (Lipinski definition) is 2. The summed E-state index contributed by atoms with van der Waals surface area (Å²) in [5, 5.41) is 1.83. The van der Waals surface area contributed by atoms with Crippen molar-refractivity contribution < 1.29 is 9.64 Å². The van der Waals surface area contributed by atoms with Crippen molar-refractivity contribution in [2.24, 2.45) is 0 Å². The highest BCUT2D eigenvalue weighted by Crippen LogP contribution is 2.24. The van der Waals surface area contributed by atoms with Crippen LogP contribution in [0, 0.1) is 0 Å². The Labute approximate surface area is 150 Å². The number of aromatic amines is 1. The lowest BCUT2D eigenvalue weighted by Crippen LogP contribution is -3.14. The number of nitrogens with one attached hydrogen (secondary N) is 2. The first-order valence-corrected chi connectivity index (χ1v) is 9.82. The molecule has 0 aliphatic carbocycles. The SMILES string of the molecule is CCn1c(SCC[NH+]2CCOCC2)nc2c([nH]c3ccccc32)c1=O. The van der Waals surface area contributed by atoms with E-state index in [9.17, 15) is 4.79 Å². The van der Waals surface area contributed by atoms with Crippen LogP contribution in [0.5, 0.6) is 0 Å². The van der Waals surface area contributed by atoms with E-state index in [4.69, 9.17) is 9.72 Å². The molecule has 0 atom stereocenters. The van der Waals surface area contributed by atoms with E-state index in [0.717, 1.165) is 60.2 Å². The summed E-state index contributed by atoms with van der Waals surface area (Å²) in [6, 6.07) is 7.96. The van der Waals surface area contributed by atoms with Gasteiger partial charge in [-0.1, -0.05) is 30.0 Å². The van der Waals surface area contributed by atoms with E-state index in [0.29, 0.717) is 12.1 Å². The van der Waals surface area contributed by atoms with Gasteiger partial charge in [0, 0.05) is 17.4 Å². The standard InChI is InChI=1S/C18H22N4O2S/c1-2-22-17(23)16-15(13-5-3-4-6-14(13)19-16)20-18(22)25-12-9-21-7-10-24-11-8-21/h3-6,19H,2,7-12H2,1H3/p+1. The lowest BCUT2D eigenvalue weighted by molar-refractivity contribution is -0.905. The number of fused-ring (bicyclic) bond motifs is 3. The van der Waals surface area contributed by atoms with Crippen molar-refractivity contribution in [3.8, 4) is 0 Å². The molecule has 0 spiro atoms. The maximum Gasteiger partial charge on any atom is 0.278 e. The van der Waals surface area contributed by atoms with E-state index in [-0.39, 0.29) is 5.56 Å². The summed E-state index contributed by atoms with van der Waals surface area (Å²) in [6.45, 7) is 7.52. The first-order chi connectivity index (χ1) is 12.3. The van der Waals surface area contributed by atoms with Crippen molar-refractivity contribution >= 4 is 33.7 Å². The minimum absolute atomic E-state index is 0.0184. The minimum Gasteiger partial charge on any atom is -0.370 e. The van der Waals surface area contributed by atoms with Gasteiger partial charge in [-0.25, -0.2) is 4.98 Å². The topological polar surface area (TPSA) is 64.3 Å². The molecule has 0 unspecified atom stereocenters. The summed E-state index contributed by atoms with van der Waals surface area (Å²) < 4.78 is 7.18. The Morgan fingerprint density at radius 1 is 1.32 bits per heavy atom. The van der Waals surface area contributed by atoms with Crippen LogP contribution in [0.15, 0.2) is 34.2 Å². The first-order valence-electron chi connectivity index (χ1n) is 8.83. The van der Waals surface area contributed by atoms with Crippen LogP contribution in [0.1, 0.15) is 6.92 Å².